The van der Waals surface area contributed by atoms with E-state index in [1.165, 1.54) is 12.5 Å². The van der Waals surface area contributed by atoms with Crippen LogP contribution >= 0.6 is 0 Å². The minimum Gasteiger partial charge on any atom is -0.364 e. The van der Waals surface area contributed by atoms with E-state index in [9.17, 15) is 4.79 Å². The number of amides is 1. The third kappa shape index (κ3) is 3.74. The van der Waals surface area contributed by atoms with Crippen molar-refractivity contribution in [1.29, 1.82) is 0 Å². The van der Waals surface area contributed by atoms with Crippen LogP contribution in [0.1, 0.15) is 36.2 Å². The van der Waals surface area contributed by atoms with Gasteiger partial charge in [0.25, 0.3) is 5.91 Å². The van der Waals surface area contributed by atoms with Gasteiger partial charge in [0.2, 0.25) is 0 Å². The summed E-state index contributed by atoms with van der Waals surface area (Å²) in [6.45, 7) is 0. The zero-order valence-electron chi connectivity index (χ0n) is 13.1. The molecule has 0 aromatic carbocycles. The van der Waals surface area contributed by atoms with Gasteiger partial charge in [-0.15, -0.1) is 0 Å². The topological polar surface area (TPSA) is 145 Å². The van der Waals surface area contributed by atoms with E-state index in [4.69, 9.17) is 11.5 Å². The van der Waals surface area contributed by atoms with E-state index in [1.54, 1.807) is 12.4 Å². The molecule has 1 saturated carbocycles. The van der Waals surface area contributed by atoms with Crippen molar-refractivity contribution in [2.45, 2.75) is 37.8 Å². The predicted octanol–water partition coefficient (Wildman–Crippen LogP) is 0.791. The van der Waals surface area contributed by atoms with Gasteiger partial charge in [-0.25, -0.2) is 19.9 Å². The minimum absolute atomic E-state index is 0.0531. The van der Waals surface area contributed by atoms with Gasteiger partial charge < -0.3 is 22.1 Å². The molecule has 2 aromatic heterocycles. The summed E-state index contributed by atoms with van der Waals surface area (Å²) in [5.74, 6) is 0.135. The van der Waals surface area contributed by atoms with E-state index in [0.717, 1.165) is 25.7 Å². The first-order valence-corrected chi connectivity index (χ1v) is 7.84. The Bertz CT molecular complexity index is 708. The molecule has 1 amide bonds. The van der Waals surface area contributed by atoms with Crippen LogP contribution in [0.3, 0.4) is 0 Å². The fraction of sp³-hybridized carbons (Fsp3) is 0.400. The smallest absolute Gasteiger partial charge is 0.271 e. The Morgan fingerprint density at radius 3 is 2.62 bits per heavy atom. The van der Waals surface area contributed by atoms with Crippen molar-refractivity contribution >= 4 is 23.2 Å². The quantitative estimate of drug-likeness (QED) is 0.630. The molecule has 1 aliphatic carbocycles. The average molecular weight is 328 g/mol. The van der Waals surface area contributed by atoms with Crippen molar-refractivity contribution < 1.29 is 4.79 Å². The summed E-state index contributed by atoms with van der Waals surface area (Å²) >= 11 is 0. The number of carbonyl (C=O) groups is 1. The lowest BCUT2D eigenvalue weighted by Gasteiger charge is -2.29. The molecule has 0 aliphatic heterocycles. The van der Waals surface area contributed by atoms with Crippen LogP contribution in [0.15, 0.2) is 24.9 Å². The van der Waals surface area contributed by atoms with Crippen molar-refractivity contribution in [1.82, 2.24) is 19.9 Å². The molecule has 0 bridgehead atoms. The van der Waals surface area contributed by atoms with Gasteiger partial charge in [0.15, 0.2) is 11.5 Å². The molecule has 2 aromatic rings. The van der Waals surface area contributed by atoms with Crippen LogP contribution in [0.2, 0.25) is 0 Å². The highest BCUT2D eigenvalue weighted by Crippen LogP contribution is 2.22. The normalized spacial score (nSPS) is 20.4. The molecule has 2 atom stereocenters. The zero-order valence-corrected chi connectivity index (χ0v) is 13.1. The number of anilines is 3. The molecule has 6 N–H and O–H groups in total. The molecule has 1 fully saturated rings. The molecule has 24 heavy (non-hydrogen) atoms. The Kier molecular flexibility index (Phi) is 4.80. The molecule has 2 heterocycles. The summed E-state index contributed by atoms with van der Waals surface area (Å²) in [7, 11) is 0. The fourth-order valence-corrected chi connectivity index (χ4v) is 2.76. The summed E-state index contributed by atoms with van der Waals surface area (Å²) in [5.41, 5.74) is 12.2. The average Bonchev–Trinajstić information content (AvgIpc) is 2.58. The van der Waals surface area contributed by atoms with Gasteiger partial charge in [0, 0.05) is 12.1 Å². The number of nitrogens with two attached hydrogens (primary N) is 2. The largest absolute Gasteiger partial charge is 0.364 e. The molecule has 9 heteroatoms. The van der Waals surface area contributed by atoms with Gasteiger partial charge in [-0.05, 0) is 12.8 Å². The molecule has 0 spiro atoms. The molecule has 0 unspecified atom stereocenters. The summed E-state index contributed by atoms with van der Waals surface area (Å²) in [6.07, 6.45) is 10.3. The Hall–Kier alpha value is -2.81. The third-order valence-electron chi connectivity index (χ3n) is 3.98. The van der Waals surface area contributed by atoms with Crippen molar-refractivity contribution in [2.24, 2.45) is 11.5 Å². The fourth-order valence-electron chi connectivity index (χ4n) is 2.76. The second-order valence-electron chi connectivity index (χ2n) is 5.77. The number of nitrogens with zero attached hydrogens (tertiary/aromatic N) is 4. The van der Waals surface area contributed by atoms with Crippen LogP contribution in [0.25, 0.3) is 0 Å². The van der Waals surface area contributed by atoms with Crippen LogP contribution in [0.4, 0.5) is 17.3 Å². The number of carbonyl (C=O) groups excluding carboxylic acids is 1. The SMILES string of the molecule is NC(=O)c1ncc(N[C@@H]2CCCC[C@@H]2N)nc1Nc1cncnc1. The van der Waals surface area contributed by atoms with Gasteiger partial charge in [-0.3, -0.25) is 4.79 Å². The van der Waals surface area contributed by atoms with Gasteiger partial charge in [0.05, 0.1) is 24.3 Å². The van der Waals surface area contributed by atoms with Gasteiger partial charge in [-0.1, -0.05) is 12.8 Å². The lowest BCUT2D eigenvalue weighted by atomic mass is 9.91. The Morgan fingerprint density at radius 1 is 1.17 bits per heavy atom. The van der Waals surface area contributed by atoms with E-state index in [-0.39, 0.29) is 23.6 Å². The summed E-state index contributed by atoms with van der Waals surface area (Å²) in [5, 5.41) is 6.27. The second-order valence-corrected chi connectivity index (χ2v) is 5.77. The van der Waals surface area contributed by atoms with Crippen molar-refractivity contribution in [3.8, 4) is 0 Å². The maximum Gasteiger partial charge on any atom is 0.271 e. The van der Waals surface area contributed by atoms with Gasteiger partial charge in [0.1, 0.15) is 12.1 Å². The highest BCUT2D eigenvalue weighted by Gasteiger charge is 2.22. The summed E-state index contributed by atoms with van der Waals surface area (Å²) < 4.78 is 0. The maximum absolute atomic E-state index is 11.6. The van der Waals surface area contributed by atoms with Crippen LogP contribution in [0.5, 0.6) is 0 Å². The molecule has 3 rings (SSSR count). The molecule has 0 radical (unpaired) electrons. The molecule has 1 aliphatic rings. The van der Waals surface area contributed by atoms with Crippen LogP contribution in [-0.4, -0.2) is 37.9 Å². The van der Waals surface area contributed by atoms with E-state index < -0.39 is 5.91 Å². The van der Waals surface area contributed by atoms with Crippen molar-refractivity contribution in [3.63, 3.8) is 0 Å². The van der Waals surface area contributed by atoms with Crippen molar-refractivity contribution in [3.05, 3.63) is 30.6 Å². The van der Waals surface area contributed by atoms with E-state index >= 15 is 0 Å². The number of nitrogens with one attached hydrogen (secondary N) is 2. The van der Waals surface area contributed by atoms with Crippen LogP contribution in [-0.2, 0) is 0 Å². The lowest BCUT2D eigenvalue weighted by molar-refractivity contribution is 0.0996. The Balaban J connectivity index is 1.83. The maximum atomic E-state index is 11.6. The first-order valence-electron chi connectivity index (χ1n) is 7.84. The highest BCUT2D eigenvalue weighted by atomic mass is 16.1. The molecule has 9 nitrogen and oxygen atoms in total. The number of hydrogen-bond donors (Lipinski definition) is 4. The highest BCUT2D eigenvalue weighted by molar-refractivity contribution is 5.96. The van der Waals surface area contributed by atoms with Gasteiger partial charge in [-0.2, -0.15) is 0 Å². The van der Waals surface area contributed by atoms with E-state index in [2.05, 4.69) is 30.6 Å². The summed E-state index contributed by atoms with van der Waals surface area (Å²) in [6, 6.07) is 0.218. The zero-order chi connectivity index (χ0) is 16.9. The minimum atomic E-state index is -0.664. The predicted molar refractivity (Wildman–Crippen MR) is 89.7 cm³/mol. The number of aromatic nitrogens is 4. The second kappa shape index (κ2) is 7.18. The van der Waals surface area contributed by atoms with Crippen LogP contribution < -0.4 is 22.1 Å². The Labute approximate surface area is 139 Å². The van der Waals surface area contributed by atoms with E-state index in [1.807, 2.05) is 0 Å². The molecular weight excluding hydrogens is 308 g/mol. The first-order chi connectivity index (χ1) is 11.6. The van der Waals surface area contributed by atoms with Gasteiger partial charge >= 0.3 is 0 Å². The van der Waals surface area contributed by atoms with E-state index in [0.29, 0.717) is 11.5 Å². The number of hydrogen-bond acceptors (Lipinski definition) is 8. The first kappa shape index (κ1) is 16.1. The standard InChI is InChI=1S/C15H20N8O/c16-10-3-1-2-4-11(10)22-12-7-20-13(14(17)24)15(23-12)21-9-5-18-8-19-6-9/h5-8,10-11H,1-4,16H2,(H2,17,24)(H2,21,22,23)/t10-,11+/m0/s1. The monoisotopic (exact) mass is 328 g/mol. The molecule has 0 saturated heterocycles. The number of primary amides is 1. The Morgan fingerprint density at radius 2 is 1.92 bits per heavy atom. The molecule has 126 valence electrons. The summed E-state index contributed by atoms with van der Waals surface area (Å²) in [4.78, 5) is 27.9. The van der Waals surface area contributed by atoms with Crippen LogP contribution in [0, 0.1) is 0 Å². The third-order valence-corrected chi connectivity index (χ3v) is 3.98. The van der Waals surface area contributed by atoms with Crippen molar-refractivity contribution in [2.75, 3.05) is 10.6 Å². The lowest BCUT2D eigenvalue weighted by Crippen LogP contribution is -2.42. The number of rotatable bonds is 5. The molecular formula is C15H20N8O.